The van der Waals surface area contributed by atoms with E-state index in [1.54, 1.807) is 0 Å². The molecule has 8 aromatic carbocycles. The van der Waals surface area contributed by atoms with Crippen molar-refractivity contribution in [2.45, 2.75) is 19.1 Å². The Hall–Kier alpha value is -6.18. The number of anilines is 3. The van der Waals surface area contributed by atoms with Crippen molar-refractivity contribution in [1.29, 1.82) is 0 Å². The molecule has 0 aromatic heterocycles. The van der Waals surface area contributed by atoms with Crippen LogP contribution in [0.1, 0.15) is 75.5 Å². The highest BCUT2D eigenvalue weighted by molar-refractivity contribution is 6.10. The molecule has 50 heavy (non-hydrogen) atoms. The molecule has 0 N–H and O–H groups in total. The van der Waals surface area contributed by atoms with E-state index in [1.807, 2.05) is 0 Å². The fraction of sp³-hybridized carbons (Fsp3) is 0.0612. The summed E-state index contributed by atoms with van der Waals surface area (Å²) in [6.45, 7) is -8.44. The third-order valence-electron chi connectivity index (χ3n) is 7.69. The van der Waals surface area contributed by atoms with Gasteiger partial charge in [-0.05, 0) is 103 Å². The molecule has 0 fully saturated rings. The lowest BCUT2D eigenvalue weighted by molar-refractivity contribution is 0.647. The van der Waals surface area contributed by atoms with Crippen molar-refractivity contribution in [3.63, 3.8) is 0 Å². The van der Waals surface area contributed by atoms with Crippen molar-refractivity contribution >= 4 is 27.8 Å². The van der Waals surface area contributed by atoms with Gasteiger partial charge in [-0.25, -0.2) is 0 Å². The highest BCUT2D eigenvalue weighted by atomic mass is 15.1. The normalized spacial score (nSPS) is 23.7. The van der Waals surface area contributed by atoms with Crippen LogP contribution in [0.3, 0.4) is 0 Å². The maximum Gasteiger partial charge on any atom is 0.0651 e. The minimum absolute atomic E-state index is 0.195. The predicted molar refractivity (Wildman–Crippen MR) is 213 cm³/mol. The maximum absolute atomic E-state index is 10.2. The Morgan fingerprint density at radius 2 is 1.02 bits per heavy atom. The van der Waals surface area contributed by atoms with E-state index < -0.39 is 290 Å². The second-order valence-corrected chi connectivity index (χ2v) is 10.5. The fourth-order valence-electron chi connectivity index (χ4n) is 5.62. The summed E-state index contributed by atoms with van der Waals surface area (Å²) >= 11 is 0. The van der Waals surface area contributed by atoms with Crippen LogP contribution >= 0.6 is 0 Å². The van der Waals surface area contributed by atoms with Crippen LogP contribution in [0, 0.1) is 0 Å². The minimum atomic E-state index is -4.22. The Morgan fingerprint density at radius 3 is 1.76 bits per heavy atom. The van der Waals surface area contributed by atoms with Gasteiger partial charge in [0.1, 0.15) is 0 Å². The molecule has 0 amide bonds. The summed E-state index contributed by atoms with van der Waals surface area (Å²) in [5.41, 5.74) is -19.9. The van der Waals surface area contributed by atoms with Gasteiger partial charge in [0.05, 0.1) is 42.5 Å². The van der Waals surface area contributed by atoms with Gasteiger partial charge in [-0.1, -0.05) is 165 Å². The number of nitrogens with zero attached hydrogens (tertiary/aromatic N) is 1. The molecule has 1 nitrogen and oxygen atoms in total. The SMILES string of the molecule is [2H]c1c([2H])c([2H])c(-c2c([2H])c([2H])c(N(c3c([2H])c([2H])c([2H])c([2H])c3[2H])c3c([2H])c([2H])c([2H])c(-c4c([2H])c([2H])c5c([2H])c([2H])c([2H])c6c5c4-c4c([2H])c([2H])c([2H])c(-c5c([2H])c([2H])c([2H])c([2H])c5[2H])c4C6(C([2H])([2H])[2H])C([2H])([2H])[2H])c3[2H])c([2H])c2[2H])c([2H])c1[2H]. The predicted octanol–water partition coefficient (Wildman–Crippen LogP) is 13.6. The molecular formula is C49H37N. The standard InChI is InChI=1S/C49H37N/c1-49(2)45-26-13-19-37-29-32-42(47(46(37)45)44-25-14-24-43(48(44)49)36-17-8-4-9-18-36)38-20-12-23-41(33-38)50(39-21-10-5-11-22-39)40-30-27-35(28-31-40)34-15-6-3-7-16-34/h3-33H,1-2H3/i1D3,2D3,3D,4D,5D,6D,7D,8D,9D,10D,11D,12D,13D,14D,15D,16D,17D,18D,19D,20D,21D,22D,23D,24D,25D,26D,27D,28D,29D,30D,31D,32D,33D. The quantitative estimate of drug-likeness (QED) is 0.169. The molecule has 0 spiro atoms. The average molecular weight is 677 g/mol. The van der Waals surface area contributed by atoms with Crippen LogP contribution in [-0.4, -0.2) is 0 Å². The van der Waals surface area contributed by atoms with Gasteiger partial charge in [-0.15, -0.1) is 0 Å². The Kier molecular flexibility index (Phi) is 2.46. The summed E-state index contributed by atoms with van der Waals surface area (Å²) in [6, 6.07) is -38.7. The first-order valence-corrected chi connectivity index (χ1v) is 14.4. The third kappa shape index (κ3) is 4.94. The van der Waals surface area contributed by atoms with E-state index in [9.17, 15) is 27.4 Å². The van der Waals surface area contributed by atoms with E-state index >= 15 is 0 Å². The van der Waals surface area contributed by atoms with Crippen LogP contribution in [-0.2, 0) is 5.41 Å². The zero-order chi connectivity index (χ0) is 65.6. The van der Waals surface area contributed by atoms with Gasteiger partial charge in [0.2, 0.25) is 0 Å². The average Bonchev–Trinajstić information content (AvgIpc) is 0.656. The lowest BCUT2D eigenvalue weighted by Gasteiger charge is -2.38. The summed E-state index contributed by atoms with van der Waals surface area (Å²) in [6.07, 6.45) is 0. The monoisotopic (exact) mass is 677 g/mol. The van der Waals surface area contributed by atoms with E-state index in [-0.39, 0.29) is 4.90 Å². The van der Waals surface area contributed by atoms with Crippen molar-refractivity contribution in [1.82, 2.24) is 0 Å². The molecule has 1 aliphatic rings. The lowest BCUT2D eigenvalue weighted by atomic mass is 9.65. The highest BCUT2D eigenvalue weighted by Gasteiger charge is 2.36. The minimum Gasteiger partial charge on any atom is -0.310 e. The third-order valence-corrected chi connectivity index (χ3v) is 7.69. The second-order valence-electron chi connectivity index (χ2n) is 10.5. The molecule has 8 aromatic rings. The molecular weight excluding hydrogens is 603 g/mol. The van der Waals surface area contributed by atoms with Crippen molar-refractivity contribution in [2.75, 3.05) is 4.90 Å². The fourth-order valence-corrected chi connectivity index (χ4v) is 5.62. The summed E-state index contributed by atoms with van der Waals surface area (Å²) in [7, 11) is 0. The van der Waals surface area contributed by atoms with Gasteiger partial charge in [0.25, 0.3) is 0 Å². The molecule has 0 saturated heterocycles. The molecule has 238 valence electrons. The van der Waals surface area contributed by atoms with E-state index in [0.29, 0.717) is 0 Å². The zero-order valence-electron chi connectivity index (χ0n) is 61.9. The molecule has 0 saturated carbocycles. The molecule has 0 aliphatic heterocycles. The van der Waals surface area contributed by atoms with Crippen LogP contribution in [0.15, 0.2) is 187 Å². The highest BCUT2D eigenvalue weighted by Crippen LogP contribution is 2.54. The molecule has 0 radical (unpaired) electrons. The van der Waals surface area contributed by atoms with Crippen LogP contribution in [0.4, 0.5) is 17.1 Å². The molecule has 0 atom stereocenters. The molecule has 1 heteroatoms. The number of benzene rings is 8. The van der Waals surface area contributed by atoms with Crippen molar-refractivity contribution in [3.8, 4) is 44.5 Å². The first-order valence-electron chi connectivity index (χ1n) is 32.9. The second kappa shape index (κ2) is 12.1. The topological polar surface area (TPSA) is 3.24 Å². The number of fused-ring (bicyclic) bond motifs is 2. The van der Waals surface area contributed by atoms with Gasteiger partial charge >= 0.3 is 0 Å². The van der Waals surface area contributed by atoms with Crippen LogP contribution in [0.25, 0.3) is 55.3 Å². The Bertz CT molecular complexity index is 4370. The summed E-state index contributed by atoms with van der Waals surface area (Å²) < 4.78 is 336. The van der Waals surface area contributed by atoms with E-state index in [0.717, 1.165) is 0 Å². The van der Waals surface area contributed by atoms with Gasteiger partial charge in [-0.3, -0.25) is 0 Å². The van der Waals surface area contributed by atoms with E-state index in [2.05, 4.69) is 0 Å². The largest absolute Gasteiger partial charge is 0.310 e. The van der Waals surface area contributed by atoms with Crippen molar-refractivity contribution < 1.29 is 50.7 Å². The zero-order valence-corrected chi connectivity index (χ0v) is 24.9. The first-order chi connectivity index (χ1) is 40.0. The number of hydrogen-bond acceptors (Lipinski definition) is 1. The summed E-state index contributed by atoms with van der Waals surface area (Å²) in [5, 5.41) is -2.13. The smallest absolute Gasteiger partial charge is 0.0651 e. The van der Waals surface area contributed by atoms with Gasteiger partial charge < -0.3 is 4.90 Å². The Labute approximate surface area is 346 Å². The molecule has 0 heterocycles. The lowest BCUT2D eigenvalue weighted by Crippen LogP contribution is -2.25. The van der Waals surface area contributed by atoms with Crippen molar-refractivity contribution in [2.24, 2.45) is 0 Å². The number of hydrogen-bond donors (Lipinski definition) is 0. The Balaban J connectivity index is 1.62. The number of rotatable bonds is 6. The van der Waals surface area contributed by atoms with Crippen molar-refractivity contribution in [3.05, 3.63) is 198 Å². The van der Waals surface area contributed by atoms with Gasteiger partial charge in [0, 0.05) is 30.7 Å². The molecule has 0 bridgehead atoms. The molecule has 0 unspecified atom stereocenters. The first kappa shape index (κ1) is 10.2. The van der Waals surface area contributed by atoms with E-state index in [4.69, 9.17) is 23.3 Å². The van der Waals surface area contributed by atoms with E-state index in [1.165, 1.54) is 0 Å². The summed E-state index contributed by atoms with van der Waals surface area (Å²) in [5.74, 6) is 0. The van der Waals surface area contributed by atoms with Crippen LogP contribution in [0.5, 0.6) is 0 Å². The maximum atomic E-state index is 10.2. The van der Waals surface area contributed by atoms with Gasteiger partial charge in [-0.2, -0.15) is 0 Å². The number of para-hydroxylation sites is 1. The van der Waals surface area contributed by atoms with Crippen LogP contribution in [0.2, 0.25) is 0 Å². The summed E-state index contributed by atoms with van der Waals surface area (Å²) in [4.78, 5) is 0.195. The molecule has 9 rings (SSSR count). The van der Waals surface area contributed by atoms with Gasteiger partial charge in [0.15, 0.2) is 0 Å². The van der Waals surface area contributed by atoms with Crippen LogP contribution < -0.4 is 4.90 Å². The molecule has 1 aliphatic carbocycles. The Morgan fingerprint density at radius 1 is 0.440 bits per heavy atom.